The van der Waals surface area contributed by atoms with Gasteiger partial charge in [-0.15, -0.1) is 0 Å². The summed E-state index contributed by atoms with van der Waals surface area (Å²) >= 11 is 0. The minimum Gasteiger partial charge on any atom is -0.496 e. The molecule has 1 heterocycles. The summed E-state index contributed by atoms with van der Waals surface area (Å²) in [6, 6.07) is 6.23. The number of para-hydroxylation sites is 1. The van der Waals surface area contributed by atoms with Crippen molar-refractivity contribution in [3.05, 3.63) is 29.8 Å². The molecule has 2 rings (SSSR count). The Hall–Kier alpha value is -2.37. The molecule has 6 heteroatoms. The van der Waals surface area contributed by atoms with Crippen molar-refractivity contribution in [3.8, 4) is 5.75 Å². The van der Waals surface area contributed by atoms with E-state index in [4.69, 9.17) is 9.47 Å². The third-order valence-electron chi connectivity index (χ3n) is 3.35. The fourth-order valence-electron chi connectivity index (χ4n) is 2.44. The predicted octanol–water partition coefficient (Wildman–Crippen LogP) is 2.10. The van der Waals surface area contributed by atoms with Gasteiger partial charge in [0.05, 0.1) is 19.8 Å². The van der Waals surface area contributed by atoms with Crippen molar-refractivity contribution in [1.82, 2.24) is 5.32 Å². The SMILES string of the molecule is CCOC(=O)C1C(C)=NC(=O)NC1c1ccccc1OC. The number of esters is 1. The maximum atomic E-state index is 12.2. The van der Waals surface area contributed by atoms with E-state index < -0.39 is 24.0 Å². The van der Waals surface area contributed by atoms with Crippen LogP contribution in [0.25, 0.3) is 0 Å². The fourth-order valence-corrected chi connectivity index (χ4v) is 2.44. The second-order valence-electron chi connectivity index (χ2n) is 4.65. The molecule has 112 valence electrons. The number of nitrogens with zero attached hydrogens (tertiary/aromatic N) is 1. The quantitative estimate of drug-likeness (QED) is 0.861. The average Bonchev–Trinajstić information content (AvgIpc) is 2.46. The van der Waals surface area contributed by atoms with Crippen LogP contribution in [0.3, 0.4) is 0 Å². The van der Waals surface area contributed by atoms with E-state index in [0.29, 0.717) is 11.5 Å². The number of carbonyl (C=O) groups is 2. The van der Waals surface area contributed by atoms with Crippen molar-refractivity contribution < 1.29 is 19.1 Å². The minimum atomic E-state index is -0.654. The van der Waals surface area contributed by atoms with Gasteiger partial charge in [-0.05, 0) is 19.9 Å². The summed E-state index contributed by atoms with van der Waals surface area (Å²) in [6.45, 7) is 3.67. The molecule has 0 fully saturated rings. The Kier molecular flexibility index (Phi) is 4.57. The Balaban J connectivity index is 2.45. The number of hydrogen-bond donors (Lipinski definition) is 1. The second kappa shape index (κ2) is 6.39. The molecule has 1 aromatic rings. The van der Waals surface area contributed by atoms with Crippen LogP contribution in [0.15, 0.2) is 29.3 Å². The van der Waals surface area contributed by atoms with Gasteiger partial charge in [-0.25, -0.2) is 9.79 Å². The van der Waals surface area contributed by atoms with Crippen LogP contribution in [-0.4, -0.2) is 31.4 Å². The number of rotatable bonds is 4. The highest BCUT2D eigenvalue weighted by atomic mass is 16.5. The molecule has 2 unspecified atom stereocenters. The number of hydrogen-bond acceptors (Lipinski definition) is 4. The first-order valence-corrected chi connectivity index (χ1v) is 6.73. The van der Waals surface area contributed by atoms with Gasteiger partial charge in [0, 0.05) is 11.3 Å². The molecule has 1 aromatic carbocycles. The molecule has 0 spiro atoms. The summed E-state index contributed by atoms with van der Waals surface area (Å²) in [7, 11) is 1.55. The summed E-state index contributed by atoms with van der Waals surface area (Å²) < 4.78 is 10.4. The van der Waals surface area contributed by atoms with Crippen LogP contribution in [-0.2, 0) is 9.53 Å². The molecule has 0 radical (unpaired) electrons. The van der Waals surface area contributed by atoms with E-state index in [0.717, 1.165) is 5.56 Å². The molecule has 0 aromatic heterocycles. The Morgan fingerprint density at radius 3 is 2.76 bits per heavy atom. The van der Waals surface area contributed by atoms with Gasteiger partial charge in [-0.1, -0.05) is 18.2 Å². The van der Waals surface area contributed by atoms with Crippen LogP contribution in [0.5, 0.6) is 5.75 Å². The van der Waals surface area contributed by atoms with Crippen LogP contribution in [0.1, 0.15) is 25.5 Å². The van der Waals surface area contributed by atoms with Crippen molar-refractivity contribution in [1.29, 1.82) is 0 Å². The second-order valence-corrected chi connectivity index (χ2v) is 4.65. The number of urea groups is 1. The van der Waals surface area contributed by atoms with Crippen molar-refractivity contribution in [2.75, 3.05) is 13.7 Å². The van der Waals surface area contributed by atoms with Crippen LogP contribution < -0.4 is 10.1 Å². The smallest absolute Gasteiger partial charge is 0.341 e. The molecule has 6 nitrogen and oxygen atoms in total. The fraction of sp³-hybridized carbons (Fsp3) is 0.400. The van der Waals surface area contributed by atoms with Crippen LogP contribution in [0, 0.1) is 5.92 Å². The number of methoxy groups -OCH3 is 1. The Morgan fingerprint density at radius 2 is 2.10 bits per heavy atom. The van der Waals surface area contributed by atoms with E-state index in [-0.39, 0.29) is 6.61 Å². The molecule has 2 atom stereocenters. The lowest BCUT2D eigenvalue weighted by molar-refractivity contribution is -0.146. The number of carbonyl (C=O) groups excluding carboxylic acids is 2. The van der Waals surface area contributed by atoms with E-state index in [1.165, 1.54) is 0 Å². The molecule has 21 heavy (non-hydrogen) atoms. The zero-order valence-electron chi connectivity index (χ0n) is 12.3. The molecule has 0 saturated carbocycles. The maximum absolute atomic E-state index is 12.2. The molecular formula is C15H18N2O4. The monoisotopic (exact) mass is 290 g/mol. The molecule has 1 N–H and O–H groups in total. The lowest BCUT2D eigenvalue weighted by Gasteiger charge is -2.30. The third kappa shape index (κ3) is 3.04. The maximum Gasteiger partial charge on any atom is 0.341 e. The normalized spacial score (nSPS) is 21.3. The van der Waals surface area contributed by atoms with Crippen molar-refractivity contribution in [3.63, 3.8) is 0 Å². The molecule has 1 aliphatic heterocycles. The van der Waals surface area contributed by atoms with E-state index in [2.05, 4.69) is 10.3 Å². The minimum absolute atomic E-state index is 0.273. The molecule has 0 bridgehead atoms. The Bertz CT molecular complexity index is 583. The zero-order chi connectivity index (χ0) is 15.4. The average molecular weight is 290 g/mol. The summed E-state index contributed by atoms with van der Waals surface area (Å²) in [5.41, 5.74) is 1.16. The van der Waals surface area contributed by atoms with E-state index in [1.807, 2.05) is 18.2 Å². The lowest BCUT2D eigenvalue weighted by Crippen LogP contribution is -2.44. The highest BCUT2D eigenvalue weighted by molar-refractivity contribution is 6.08. The van der Waals surface area contributed by atoms with Gasteiger partial charge in [-0.2, -0.15) is 0 Å². The largest absolute Gasteiger partial charge is 0.496 e. The first-order chi connectivity index (χ1) is 10.1. The first kappa shape index (κ1) is 15.0. The number of amides is 2. The van der Waals surface area contributed by atoms with Gasteiger partial charge in [0.1, 0.15) is 11.7 Å². The third-order valence-corrected chi connectivity index (χ3v) is 3.35. The summed E-state index contributed by atoms with van der Waals surface area (Å²) in [5, 5.41) is 2.72. The molecule has 2 amide bonds. The standard InChI is InChI=1S/C15H18N2O4/c1-4-21-14(18)12-9(2)16-15(19)17-13(12)10-7-5-6-8-11(10)20-3/h5-8,12-13H,4H2,1-3H3,(H,17,19). The van der Waals surface area contributed by atoms with E-state index >= 15 is 0 Å². The van der Waals surface area contributed by atoms with Gasteiger partial charge in [0.25, 0.3) is 0 Å². The molecule has 1 aliphatic rings. The highest BCUT2D eigenvalue weighted by Gasteiger charge is 2.39. The van der Waals surface area contributed by atoms with Crippen LogP contribution in [0.2, 0.25) is 0 Å². The molecule has 0 aliphatic carbocycles. The van der Waals surface area contributed by atoms with Gasteiger partial charge in [0.15, 0.2) is 0 Å². The summed E-state index contributed by atoms with van der Waals surface area (Å²) in [5.74, 6) is -0.458. The molecule has 0 saturated heterocycles. The number of benzene rings is 1. The topological polar surface area (TPSA) is 77.0 Å². The summed E-state index contributed by atoms with van der Waals surface area (Å²) in [6.07, 6.45) is 0. The van der Waals surface area contributed by atoms with E-state index in [1.54, 1.807) is 27.0 Å². The van der Waals surface area contributed by atoms with E-state index in [9.17, 15) is 9.59 Å². The van der Waals surface area contributed by atoms with Gasteiger partial charge in [-0.3, -0.25) is 4.79 Å². The van der Waals surface area contributed by atoms with Crippen molar-refractivity contribution in [2.24, 2.45) is 10.9 Å². The van der Waals surface area contributed by atoms with Gasteiger partial charge >= 0.3 is 12.0 Å². The van der Waals surface area contributed by atoms with Crippen molar-refractivity contribution >= 4 is 17.7 Å². The van der Waals surface area contributed by atoms with Gasteiger partial charge in [0.2, 0.25) is 0 Å². The molecular weight excluding hydrogens is 272 g/mol. The predicted molar refractivity (Wildman–Crippen MR) is 77.5 cm³/mol. The lowest BCUT2D eigenvalue weighted by atomic mass is 9.88. The Labute approximate surface area is 123 Å². The van der Waals surface area contributed by atoms with Crippen LogP contribution in [0.4, 0.5) is 4.79 Å². The van der Waals surface area contributed by atoms with Crippen LogP contribution >= 0.6 is 0 Å². The number of nitrogens with one attached hydrogen (secondary N) is 1. The highest BCUT2D eigenvalue weighted by Crippen LogP contribution is 2.33. The van der Waals surface area contributed by atoms with Crippen molar-refractivity contribution in [2.45, 2.75) is 19.9 Å². The Morgan fingerprint density at radius 1 is 1.38 bits per heavy atom. The zero-order valence-corrected chi connectivity index (χ0v) is 12.3. The summed E-state index contributed by atoms with van der Waals surface area (Å²) in [4.78, 5) is 27.7. The van der Waals surface area contributed by atoms with Gasteiger partial charge < -0.3 is 14.8 Å². The first-order valence-electron chi connectivity index (χ1n) is 6.73. The number of ether oxygens (including phenoxy) is 2. The number of aliphatic imine (C=N–C) groups is 1.